The summed E-state index contributed by atoms with van der Waals surface area (Å²) < 4.78 is 0. The lowest BCUT2D eigenvalue weighted by atomic mass is 9.79. The number of rotatable bonds is 6. The van der Waals surface area contributed by atoms with Gasteiger partial charge in [-0.05, 0) is 25.2 Å². The van der Waals surface area contributed by atoms with Crippen LogP contribution in [0, 0.1) is 19.3 Å². The van der Waals surface area contributed by atoms with Gasteiger partial charge in [0, 0.05) is 0 Å². The van der Waals surface area contributed by atoms with Crippen molar-refractivity contribution in [3.63, 3.8) is 0 Å². The lowest BCUT2D eigenvalue weighted by Gasteiger charge is -2.27. The van der Waals surface area contributed by atoms with Gasteiger partial charge in [0.1, 0.15) is 0 Å². The third kappa shape index (κ3) is 4.44. The zero-order valence-electron chi connectivity index (χ0n) is 8.16. The predicted octanol–water partition coefficient (Wildman–Crippen LogP) is 4.02. The summed E-state index contributed by atoms with van der Waals surface area (Å²) in [7, 11) is 0. The molecule has 1 unspecified atom stereocenters. The van der Waals surface area contributed by atoms with Gasteiger partial charge in [-0.2, -0.15) is 0 Å². The van der Waals surface area contributed by atoms with Gasteiger partial charge in [0.2, 0.25) is 0 Å². The molecule has 0 aliphatic carbocycles. The van der Waals surface area contributed by atoms with E-state index in [1.54, 1.807) is 0 Å². The molecule has 0 saturated heterocycles. The summed E-state index contributed by atoms with van der Waals surface area (Å²) in [6, 6.07) is 0. The highest BCUT2D eigenvalue weighted by atomic mass is 14.2. The normalized spacial score (nSPS) is 16.4. The van der Waals surface area contributed by atoms with Gasteiger partial charge in [0.25, 0.3) is 0 Å². The molecule has 0 aliphatic heterocycles. The maximum atomic E-state index is 4.28. The second-order valence-electron chi connectivity index (χ2n) is 3.56. The Bertz CT molecular complexity index is 86.0. The molecule has 0 saturated carbocycles. The van der Waals surface area contributed by atoms with Gasteiger partial charge >= 0.3 is 0 Å². The summed E-state index contributed by atoms with van der Waals surface area (Å²) in [5.74, 6) is 0. The first kappa shape index (κ1) is 11.0. The van der Waals surface area contributed by atoms with Crippen LogP contribution in [0.5, 0.6) is 0 Å². The molecule has 11 heavy (non-hydrogen) atoms. The van der Waals surface area contributed by atoms with Crippen LogP contribution in [0.15, 0.2) is 0 Å². The highest BCUT2D eigenvalue weighted by molar-refractivity contribution is 4.80. The van der Waals surface area contributed by atoms with Crippen LogP contribution >= 0.6 is 0 Å². The van der Waals surface area contributed by atoms with Crippen LogP contribution in [0.3, 0.4) is 0 Å². The Morgan fingerprint density at radius 1 is 1.18 bits per heavy atom. The molecule has 0 heterocycles. The zero-order chi connectivity index (χ0) is 8.74. The maximum Gasteiger partial charge on any atom is -0.0300 e. The molecule has 0 nitrogen and oxygen atoms in total. The second kappa shape index (κ2) is 5.62. The average Bonchev–Trinajstić information content (AvgIpc) is 2.02. The molecule has 0 rings (SSSR count). The predicted molar refractivity (Wildman–Crippen MR) is 52.2 cm³/mol. The lowest BCUT2D eigenvalue weighted by molar-refractivity contribution is 0.298. The smallest absolute Gasteiger partial charge is 0.0300 e. The van der Waals surface area contributed by atoms with E-state index in [1.807, 2.05) is 0 Å². The van der Waals surface area contributed by atoms with Gasteiger partial charge in [-0.15, -0.1) is 0 Å². The fourth-order valence-electron chi connectivity index (χ4n) is 1.41. The summed E-state index contributed by atoms with van der Waals surface area (Å²) in [6.07, 6.45) is 7.29. The second-order valence-corrected chi connectivity index (χ2v) is 3.56. The van der Waals surface area contributed by atoms with E-state index in [9.17, 15) is 0 Å². The van der Waals surface area contributed by atoms with Crippen LogP contribution in [0.2, 0.25) is 0 Å². The molecule has 0 aromatic carbocycles. The fourth-order valence-corrected chi connectivity index (χ4v) is 1.41. The van der Waals surface area contributed by atoms with Crippen LogP contribution in [0.1, 0.15) is 52.4 Å². The molecule has 0 N–H and O–H groups in total. The van der Waals surface area contributed by atoms with Gasteiger partial charge in [0.15, 0.2) is 0 Å². The van der Waals surface area contributed by atoms with Gasteiger partial charge in [0.05, 0.1) is 0 Å². The summed E-state index contributed by atoms with van der Waals surface area (Å²) in [6.45, 7) is 12.6. The van der Waals surface area contributed by atoms with Crippen molar-refractivity contribution in [3.05, 3.63) is 13.8 Å². The van der Waals surface area contributed by atoms with Crippen molar-refractivity contribution in [1.29, 1.82) is 0 Å². The van der Waals surface area contributed by atoms with E-state index >= 15 is 0 Å². The molecule has 1 atom stereocenters. The molecular weight excluding hydrogens is 132 g/mol. The minimum absolute atomic E-state index is 0.331. The van der Waals surface area contributed by atoms with Crippen LogP contribution in [-0.2, 0) is 0 Å². The third-order valence-corrected chi connectivity index (χ3v) is 2.52. The molecule has 0 fully saturated rings. The van der Waals surface area contributed by atoms with Crippen LogP contribution in [-0.4, -0.2) is 0 Å². The van der Waals surface area contributed by atoms with E-state index in [-0.39, 0.29) is 0 Å². The van der Waals surface area contributed by atoms with E-state index in [2.05, 4.69) is 27.7 Å². The number of hydrogen-bond acceptors (Lipinski definition) is 0. The molecule has 0 amide bonds. The topological polar surface area (TPSA) is 0 Å². The van der Waals surface area contributed by atoms with E-state index < -0.39 is 0 Å². The summed E-state index contributed by atoms with van der Waals surface area (Å²) in [5.41, 5.74) is 0.331. The molecule has 0 aromatic rings. The van der Waals surface area contributed by atoms with Crippen molar-refractivity contribution in [1.82, 2.24) is 0 Å². The zero-order valence-corrected chi connectivity index (χ0v) is 8.16. The third-order valence-electron chi connectivity index (χ3n) is 2.52. The van der Waals surface area contributed by atoms with E-state index in [0.29, 0.717) is 5.41 Å². The molecule has 66 valence electrons. The molecule has 0 spiro atoms. The summed E-state index contributed by atoms with van der Waals surface area (Å²) in [4.78, 5) is 0. The lowest BCUT2D eigenvalue weighted by Crippen LogP contribution is -2.14. The van der Waals surface area contributed by atoms with Crippen molar-refractivity contribution < 1.29 is 0 Å². The first-order valence-corrected chi connectivity index (χ1v) is 4.83. The largest absolute Gasteiger partial charge is 0.0654 e. The van der Waals surface area contributed by atoms with E-state index in [4.69, 9.17) is 0 Å². The highest BCUT2D eigenvalue weighted by Crippen LogP contribution is 2.32. The molecule has 2 radical (unpaired) electrons. The maximum absolute atomic E-state index is 4.28. The van der Waals surface area contributed by atoms with Crippen LogP contribution in [0.4, 0.5) is 0 Å². The monoisotopic (exact) mass is 154 g/mol. The molecule has 0 bridgehead atoms. The molecular formula is C11H22. The summed E-state index contributed by atoms with van der Waals surface area (Å²) >= 11 is 0. The first-order valence-electron chi connectivity index (χ1n) is 4.83. The van der Waals surface area contributed by atoms with Gasteiger partial charge in [-0.3, -0.25) is 0 Å². The Morgan fingerprint density at radius 3 is 2.18 bits per heavy atom. The SMILES string of the molecule is [CH2]CCC([CH2])(CC)CCCC. The van der Waals surface area contributed by atoms with E-state index in [1.165, 1.54) is 32.1 Å². The van der Waals surface area contributed by atoms with Crippen molar-refractivity contribution in [2.75, 3.05) is 0 Å². The van der Waals surface area contributed by atoms with Crippen LogP contribution in [0.25, 0.3) is 0 Å². The van der Waals surface area contributed by atoms with Crippen molar-refractivity contribution >= 4 is 0 Å². The van der Waals surface area contributed by atoms with Crippen molar-refractivity contribution in [2.45, 2.75) is 52.4 Å². The van der Waals surface area contributed by atoms with Crippen molar-refractivity contribution in [2.24, 2.45) is 5.41 Å². The van der Waals surface area contributed by atoms with E-state index in [0.717, 1.165) is 6.42 Å². The Hall–Kier alpha value is 0. The molecule has 0 aromatic heterocycles. The number of hydrogen-bond donors (Lipinski definition) is 0. The van der Waals surface area contributed by atoms with Crippen LogP contribution < -0.4 is 0 Å². The van der Waals surface area contributed by atoms with Crippen molar-refractivity contribution in [3.8, 4) is 0 Å². The fraction of sp³-hybridized carbons (Fsp3) is 0.818. The Labute approximate surface area is 72.4 Å². The molecule has 0 aliphatic rings. The number of unbranched alkanes of at least 4 members (excludes halogenated alkanes) is 1. The van der Waals surface area contributed by atoms with Gasteiger partial charge < -0.3 is 0 Å². The summed E-state index contributed by atoms with van der Waals surface area (Å²) in [5, 5.41) is 0. The minimum Gasteiger partial charge on any atom is -0.0654 e. The average molecular weight is 154 g/mol. The Kier molecular flexibility index (Phi) is 5.62. The quantitative estimate of drug-likeness (QED) is 0.542. The van der Waals surface area contributed by atoms with Gasteiger partial charge in [-0.25, -0.2) is 0 Å². The molecule has 0 heteroatoms. The highest BCUT2D eigenvalue weighted by Gasteiger charge is 2.19. The standard InChI is InChI=1S/C11H22/c1-5-8-10-11(4,7-3)9-6-2/h2,4-10H2,1,3H3. The minimum atomic E-state index is 0.331. The first-order chi connectivity index (χ1) is 5.18. The Morgan fingerprint density at radius 2 is 1.82 bits per heavy atom. The Balaban J connectivity index is 3.68. The van der Waals surface area contributed by atoms with Gasteiger partial charge in [-0.1, -0.05) is 46.5 Å².